The summed E-state index contributed by atoms with van der Waals surface area (Å²) < 4.78 is -0.646. The number of hydrogen-bond donors (Lipinski definition) is 1. The van der Waals surface area contributed by atoms with Crippen LogP contribution in [0.3, 0.4) is 0 Å². The maximum absolute atomic E-state index is 14.3. The number of hydrogen-bond acceptors (Lipinski definition) is 5. The zero-order valence-electron chi connectivity index (χ0n) is 21.2. The van der Waals surface area contributed by atoms with Gasteiger partial charge in [-0.2, -0.15) is 0 Å². The van der Waals surface area contributed by atoms with Crippen LogP contribution in [0, 0.1) is 11.8 Å². The number of rotatable bonds is 13. The SMILES string of the molecule is C=CCN(C)C(=O)[C@H]1[C@H]2C(=O)N(CCCCO)C(C(=O)N(CC=C)C(C)CCC)C23CC(Br)[C@@H]1S3. The van der Waals surface area contributed by atoms with Gasteiger partial charge in [-0.25, -0.2) is 0 Å². The fourth-order valence-corrected chi connectivity index (χ4v) is 9.82. The van der Waals surface area contributed by atoms with Crippen LogP contribution < -0.4 is 0 Å². The van der Waals surface area contributed by atoms with E-state index in [4.69, 9.17) is 0 Å². The molecule has 3 fully saturated rings. The third-order valence-corrected chi connectivity index (χ3v) is 11.0. The van der Waals surface area contributed by atoms with Crippen LogP contribution >= 0.6 is 27.7 Å². The van der Waals surface area contributed by atoms with Crippen molar-refractivity contribution in [2.75, 3.05) is 33.3 Å². The number of likely N-dealkylation sites (N-methyl/N-ethyl adjacent to an activating group) is 1. The van der Waals surface area contributed by atoms with E-state index in [2.05, 4.69) is 42.9 Å². The van der Waals surface area contributed by atoms with Crippen LogP contribution in [-0.2, 0) is 14.4 Å². The molecule has 3 aliphatic heterocycles. The normalized spacial score (nSPS) is 31.9. The first-order valence-electron chi connectivity index (χ1n) is 12.7. The quantitative estimate of drug-likeness (QED) is 0.209. The molecular formula is C26H40BrN3O4S. The zero-order valence-corrected chi connectivity index (χ0v) is 23.6. The lowest BCUT2D eigenvalue weighted by atomic mass is 9.70. The molecule has 4 unspecified atom stereocenters. The number of carbonyl (C=O) groups excluding carboxylic acids is 3. The lowest BCUT2D eigenvalue weighted by molar-refractivity contribution is -0.144. The van der Waals surface area contributed by atoms with E-state index >= 15 is 0 Å². The van der Waals surface area contributed by atoms with Gasteiger partial charge in [0.25, 0.3) is 0 Å². The second kappa shape index (κ2) is 11.8. The monoisotopic (exact) mass is 569 g/mol. The largest absolute Gasteiger partial charge is 0.396 e. The van der Waals surface area contributed by atoms with E-state index in [1.54, 1.807) is 40.8 Å². The van der Waals surface area contributed by atoms with Gasteiger partial charge in [0.2, 0.25) is 17.7 Å². The number of carbonyl (C=O) groups is 3. The number of aliphatic hydroxyl groups excluding tert-OH is 1. The Morgan fingerprint density at radius 1 is 1.29 bits per heavy atom. The molecule has 9 heteroatoms. The summed E-state index contributed by atoms with van der Waals surface area (Å²) in [7, 11) is 1.75. The van der Waals surface area contributed by atoms with Crippen molar-refractivity contribution in [2.45, 2.75) is 72.9 Å². The van der Waals surface area contributed by atoms with Gasteiger partial charge < -0.3 is 19.8 Å². The van der Waals surface area contributed by atoms with Crippen molar-refractivity contribution in [2.24, 2.45) is 11.8 Å². The highest BCUT2D eigenvalue weighted by Gasteiger charge is 2.75. The highest BCUT2D eigenvalue weighted by Crippen LogP contribution is 2.68. The minimum absolute atomic E-state index is 0.0230. The van der Waals surface area contributed by atoms with E-state index in [-0.39, 0.29) is 40.4 Å². The Kier molecular flexibility index (Phi) is 9.54. The van der Waals surface area contributed by atoms with Gasteiger partial charge in [-0.05, 0) is 32.6 Å². The summed E-state index contributed by atoms with van der Waals surface area (Å²) in [5.74, 6) is -1.21. The van der Waals surface area contributed by atoms with Crippen LogP contribution in [0.5, 0.6) is 0 Å². The predicted octanol–water partition coefficient (Wildman–Crippen LogP) is 3.07. The summed E-state index contributed by atoms with van der Waals surface area (Å²) in [6, 6.07) is -0.606. The molecule has 1 N–H and O–H groups in total. The molecule has 7 nitrogen and oxygen atoms in total. The van der Waals surface area contributed by atoms with Gasteiger partial charge in [0.15, 0.2) is 0 Å². The smallest absolute Gasteiger partial charge is 0.247 e. The van der Waals surface area contributed by atoms with E-state index in [9.17, 15) is 19.5 Å². The molecular weight excluding hydrogens is 530 g/mol. The molecule has 3 amide bonds. The molecule has 35 heavy (non-hydrogen) atoms. The van der Waals surface area contributed by atoms with Gasteiger partial charge in [0, 0.05) is 49.4 Å². The van der Waals surface area contributed by atoms with E-state index in [0.29, 0.717) is 38.9 Å². The number of unbranched alkanes of at least 4 members (excludes halogenated alkanes) is 1. The number of amides is 3. The van der Waals surface area contributed by atoms with Crippen molar-refractivity contribution in [3.63, 3.8) is 0 Å². The average Bonchev–Trinajstić information content (AvgIpc) is 3.40. The summed E-state index contributed by atoms with van der Waals surface area (Å²) >= 11 is 5.48. The Balaban J connectivity index is 2.05. The standard InChI is InChI=1S/C26H40BrN3O4S/c1-6-11-17(4)29(13-8-3)25(34)22-26-16-18(27)21(35-26)19(23(32)28(5)12-7-2)20(26)24(33)30(22)14-9-10-15-31/h7-8,17-22,31H,2-3,6,9-16H2,1,4-5H3/t17?,18?,19-,20-,21-,22?,26?/m0/s1. The topological polar surface area (TPSA) is 81.2 Å². The zero-order chi connectivity index (χ0) is 25.9. The van der Waals surface area contributed by atoms with Gasteiger partial charge in [-0.1, -0.05) is 41.4 Å². The lowest BCUT2D eigenvalue weighted by Gasteiger charge is -2.40. The van der Waals surface area contributed by atoms with Gasteiger partial charge >= 0.3 is 0 Å². The van der Waals surface area contributed by atoms with E-state index < -0.39 is 22.6 Å². The van der Waals surface area contributed by atoms with Crippen molar-refractivity contribution >= 4 is 45.4 Å². The van der Waals surface area contributed by atoms with E-state index in [1.165, 1.54) is 0 Å². The van der Waals surface area contributed by atoms with Gasteiger partial charge in [-0.3, -0.25) is 14.4 Å². The second-order valence-corrected chi connectivity index (χ2v) is 12.8. The van der Waals surface area contributed by atoms with Crippen LogP contribution in [0.4, 0.5) is 0 Å². The van der Waals surface area contributed by atoms with Gasteiger partial charge in [0.05, 0.1) is 16.6 Å². The molecule has 0 aromatic heterocycles. The van der Waals surface area contributed by atoms with Crippen LogP contribution in [0.2, 0.25) is 0 Å². The Morgan fingerprint density at radius 2 is 1.97 bits per heavy atom. The van der Waals surface area contributed by atoms with E-state index in [1.807, 2.05) is 4.90 Å². The summed E-state index contributed by atoms with van der Waals surface area (Å²) in [6.45, 7) is 13.0. The van der Waals surface area contributed by atoms with Crippen LogP contribution in [0.1, 0.15) is 46.0 Å². The summed E-state index contributed by atoms with van der Waals surface area (Å²) in [5, 5.41) is 9.28. The molecule has 196 valence electrons. The summed E-state index contributed by atoms with van der Waals surface area (Å²) in [6.07, 6.45) is 7.09. The molecule has 3 heterocycles. The van der Waals surface area contributed by atoms with Crippen LogP contribution in [0.25, 0.3) is 0 Å². The van der Waals surface area contributed by atoms with Gasteiger partial charge in [-0.15, -0.1) is 24.9 Å². The molecule has 7 atom stereocenters. The second-order valence-electron chi connectivity index (χ2n) is 10.1. The Hall–Kier alpha value is -1.32. The number of fused-ring (bicyclic) bond motifs is 1. The Bertz CT molecular complexity index is 841. The molecule has 3 saturated heterocycles. The number of thioether (sulfide) groups is 1. The Labute approximate surface area is 222 Å². The fourth-order valence-electron chi connectivity index (χ4n) is 6.22. The van der Waals surface area contributed by atoms with Crippen LogP contribution in [-0.4, -0.2) is 97.7 Å². The Morgan fingerprint density at radius 3 is 2.57 bits per heavy atom. The maximum atomic E-state index is 14.3. The maximum Gasteiger partial charge on any atom is 0.247 e. The summed E-state index contributed by atoms with van der Waals surface area (Å²) in [4.78, 5) is 47.1. The summed E-state index contributed by atoms with van der Waals surface area (Å²) in [5.41, 5.74) is 0. The van der Waals surface area contributed by atoms with Crippen LogP contribution in [0.15, 0.2) is 25.3 Å². The van der Waals surface area contributed by atoms with Gasteiger partial charge in [0.1, 0.15) is 6.04 Å². The molecule has 3 rings (SSSR count). The molecule has 0 radical (unpaired) electrons. The minimum Gasteiger partial charge on any atom is -0.396 e. The van der Waals surface area contributed by atoms with Crippen molar-refractivity contribution in [3.05, 3.63) is 25.3 Å². The number of likely N-dealkylation sites (tertiary alicyclic amines) is 1. The molecule has 0 aromatic carbocycles. The first kappa shape index (κ1) is 28.3. The molecule has 3 aliphatic rings. The van der Waals surface area contributed by atoms with Crippen molar-refractivity contribution in [1.29, 1.82) is 0 Å². The molecule has 0 saturated carbocycles. The number of alkyl halides is 1. The number of halogens is 1. The highest BCUT2D eigenvalue weighted by atomic mass is 79.9. The third-order valence-electron chi connectivity index (χ3n) is 7.74. The fraction of sp³-hybridized carbons (Fsp3) is 0.731. The predicted molar refractivity (Wildman–Crippen MR) is 144 cm³/mol. The van der Waals surface area contributed by atoms with E-state index in [0.717, 1.165) is 12.8 Å². The molecule has 1 spiro atoms. The lowest BCUT2D eigenvalue weighted by Crippen LogP contribution is -2.57. The number of nitrogens with zero attached hydrogens (tertiary/aromatic N) is 3. The molecule has 0 aliphatic carbocycles. The molecule has 0 aromatic rings. The first-order chi connectivity index (χ1) is 16.7. The first-order valence-corrected chi connectivity index (χ1v) is 14.5. The molecule has 2 bridgehead atoms. The minimum atomic E-state index is -0.646. The average molecular weight is 571 g/mol. The highest BCUT2D eigenvalue weighted by molar-refractivity contribution is 9.09. The van der Waals surface area contributed by atoms with Crippen molar-refractivity contribution < 1.29 is 19.5 Å². The third kappa shape index (κ3) is 4.97. The number of aliphatic hydroxyl groups is 1. The van der Waals surface area contributed by atoms with Crippen molar-refractivity contribution in [3.8, 4) is 0 Å². The van der Waals surface area contributed by atoms with Crippen molar-refractivity contribution in [1.82, 2.24) is 14.7 Å².